The molecular formula is C18H21ClN2O3S. The first kappa shape index (κ1) is 19.4. The van der Waals surface area contributed by atoms with Crippen molar-refractivity contribution in [3.8, 4) is 0 Å². The maximum Gasteiger partial charge on any atom is 0.239 e. The van der Waals surface area contributed by atoms with Crippen molar-refractivity contribution in [1.29, 1.82) is 0 Å². The van der Waals surface area contributed by atoms with Crippen molar-refractivity contribution in [2.75, 3.05) is 18.1 Å². The molecule has 2 aromatic carbocycles. The summed E-state index contributed by atoms with van der Waals surface area (Å²) in [6.07, 6.45) is 1.10. The molecule has 0 atom stereocenters. The van der Waals surface area contributed by atoms with Crippen LogP contribution in [0.1, 0.15) is 16.7 Å². The van der Waals surface area contributed by atoms with Crippen molar-refractivity contribution in [3.05, 3.63) is 64.2 Å². The maximum atomic E-state index is 12.3. The molecule has 5 nitrogen and oxygen atoms in total. The molecule has 0 radical (unpaired) electrons. The number of amides is 1. The number of sulfonamides is 1. The molecule has 0 bridgehead atoms. The topological polar surface area (TPSA) is 66.5 Å². The molecule has 2 rings (SSSR count). The maximum absolute atomic E-state index is 12.3. The molecule has 25 heavy (non-hydrogen) atoms. The Kier molecular flexibility index (Phi) is 6.21. The minimum atomic E-state index is -3.53. The van der Waals surface area contributed by atoms with Crippen molar-refractivity contribution in [1.82, 2.24) is 4.31 Å². The van der Waals surface area contributed by atoms with Crippen LogP contribution < -0.4 is 5.32 Å². The lowest BCUT2D eigenvalue weighted by Gasteiger charge is -2.20. The zero-order valence-corrected chi connectivity index (χ0v) is 16.0. The third kappa shape index (κ3) is 5.85. The van der Waals surface area contributed by atoms with Crippen LogP contribution in [0.2, 0.25) is 5.02 Å². The van der Waals surface area contributed by atoms with E-state index < -0.39 is 15.9 Å². The first-order valence-corrected chi connectivity index (χ1v) is 9.94. The van der Waals surface area contributed by atoms with Crippen LogP contribution in [0.15, 0.2) is 42.5 Å². The normalized spacial score (nSPS) is 11.6. The van der Waals surface area contributed by atoms with Crippen LogP contribution in [0.3, 0.4) is 0 Å². The first-order valence-electron chi connectivity index (χ1n) is 7.72. The van der Waals surface area contributed by atoms with Gasteiger partial charge in [0.25, 0.3) is 0 Å². The quantitative estimate of drug-likeness (QED) is 0.835. The van der Waals surface area contributed by atoms with E-state index in [0.717, 1.165) is 27.3 Å². The second kappa shape index (κ2) is 7.99. The number of halogens is 1. The van der Waals surface area contributed by atoms with E-state index in [1.807, 2.05) is 38.1 Å². The second-order valence-corrected chi connectivity index (χ2v) is 8.44. The van der Waals surface area contributed by atoms with E-state index in [0.29, 0.717) is 10.7 Å². The number of rotatable bonds is 6. The highest BCUT2D eigenvalue weighted by molar-refractivity contribution is 7.88. The Morgan fingerprint density at radius 1 is 1.12 bits per heavy atom. The van der Waals surface area contributed by atoms with Crippen molar-refractivity contribution in [3.63, 3.8) is 0 Å². The van der Waals surface area contributed by atoms with Crippen molar-refractivity contribution in [2.24, 2.45) is 0 Å². The molecule has 1 amide bonds. The summed E-state index contributed by atoms with van der Waals surface area (Å²) in [6.45, 7) is 3.67. The van der Waals surface area contributed by atoms with E-state index in [2.05, 4.69) is 5.32 Å². The summed E-state index contributed by atoms with van der Waals surface area (Å²) >= 11 is 5.90. The molecular weight excluding hydrogens is 360 g/mol. The third-order valence-corrected chi connectivity index (χ3v) is 5.16. The number of carbonyl (C=O) groups is 1. The molecule has 2 aromatic rings. The molecule has 0 aliphatic rings. The number of aryl methyl sites for hydroxylation is 2. The standard InChI is InChI=1S/C18H21ClN2O3S/c1-13-4-6-15(7-5-13)11-21(25(3,23)24)12-18(22)20-17-9-8-16(19)10-14(17)2/h4-10H,11-12H2,1-3H3,(H,20,22). The van der Waals surface area contributed by atoms with E-state index in [4.69, 9.17) is 11.6 Å². The molecule has 7 heteroatoms. The number of hydrogen-bond acceptors (Lipinski definition) is 3. The molecule has 0 aliphatic carbocycles. The van der Waals surface area contributed by atoms with E-state index in [1.165, 1.54) is 0 Å². The van der Waals surface area contributed by atoms with Gasteiger partial charge in [0.05, 0.1) is 12.8 Å². The highest BCUT2D eigenvalue weighted by atomic mass is 35.5. The van der Waals surface area contributed by atoms with E-state index in [9.17, 15) is 13.2 Å². The van der Waals surface area contributed by atoms with Gasteiger partial charge in [-0.2, -0.15) is 4.31 Å². The van der Waals surface area contributed by atoms with E-state index >= 15 is 0 Å². The Bertz CT molecular complexity index is 864. The van der Waals surface area contributed by atoms with Gasteiger partial charge in [-0.25, -0.2) is 8.42 Å². The predicted octanol–water partition coefficient (Wildman–Crippen LogP) is 3.36. The van der Waals surface area contributed by atoms with Gasteiger partial charge in [0, 0.05) is 17.3 Å². The zero-order chi connectivity index (χ0) is 18.6. The van der Waals surface area contributed by atoms with Gasteiger partial charge in [-0.15, -0.1) is 0 Å². The van der Waals surface area contributed by atoms with Gasteiger partial charge in [0.1, 0.15) is 0 Å². The van der Waals surface area contributed by atoms with Crippen molar-refractivity contribution in [2.45, 2.75) is 20.4 Å². The van der Waals surface area contributed by atoms with Gasteiger partial charge >= 0.3 is 0 Å². The smallest absolute Gasteiger partial charge is 0.239 e. The average molecular weight is 381 g/mol. The van der Waals surface area contributed by atoms with Crippen LogP contribution in [0.25, 0.3) is 0 Å². The molecule has 0 aliphatic heterocycles. The van der Waals surface area contributed by atoms with Crippen molar-refractivity contribution >= 4 is 33.2 Å². The van der Waals surface area contributed by atoms with Crippen LogP contribution in [0.5, 0.6) is 0 Å². The van der Waals surface area contributed by atoms with Gasteiger partial charge in [-0.05, 0) is 43.2 Å². The van der Waals surface area contributed by atoms with Gasteiger partial charge in [-0.3, -0.25) is 4.79 Å². The van der Waals surface area contributed by atoms with Gasteiger partial charge < -0.3 is 5.32 Å². The molecule has 0 fully saturated rings. The monoisotopic (exact) mass is 380 g/mol. The van der Waals surface area contributed by atoms with Crippen LogP contribution in [-0.2, 0) is 21.4 Å². The summed E-state index contributed by atoms with van der Waals surface area (Å²) in [5.74, 6) is -0.400. The summed E-state index contributed by atoms with van der Waals surface area (Å²) in [6, 6.07) is 12.6. The molecule has 0 saturated carbocycles. The highest BCUT2D eigenvalue weighted by Crippen LogP contribution is 2.19. The second-order valence-electron chi connectivity index (χ2n) is 6.02. The Morgan fingerprint density at radius 3 is 2.32 bits per heavy atom. The van der Waals surface area contributed by atoms with Crippen LogP contribution in [0, 0.1) is 13.8 Å². The molecule has 1 N–H and O–H groups in total. The SMILES string of the molecule is Cc1ccc(CN(CC(=O)Nc2ccc(Cl)cc2C)S(C)(=O)=O)cc1. The summed E-state index contributed by atoms with van der Waals surface area (Å²) in [5, 5.41) is 3.31. The predicted molar refractivity (Wildman–Crippen MR) is 101 cm³/mol. The van der Waals surface area contributed by atoms with Crippen molar-refractivity contribution < 1.29 is 13.2 Å². The first-order chi connectivity index (χ1) is 11.6. The highest BCUT2D eigenvalue weighted by Gasteiger charge is 2.21. The Balaban J connectivity index is 2.11. The minimum absolute atomic E-state index is 0.145. The fourth-order valence-electron chi connectivity index (χ4n) is 2.30. The van der Waals surface area contributed by atoms with Gasteiger partial charge in [-0.1, -0.05) is 41.4 Å². The van der Waals surface area contributed by atoms with Gasteiger partial charge in [0.2, 0.25) is 15.9 Å². The molecule has 0 spiro atoms. The molecule has 0 heterocycles. The largest absolute Gasteiger partial charge is 0.325 e. The Hall–Kier alpha value is -1.89. The average Bonchev–Trinajstić information content (AvgIpc) is 2.50. The number of anilines is 1. The molecule has 0 unspecified atom stereocenters. The summed E-state index contributed by atoms with van der Waals surface area (Å²) < 4.78 is 25.2. The number of carbonyl (C=O) groups excluding carboxylic acids is 1. The fourth-order valence-corrected chi connectivity index (χ4v) is 3.27. The van der Waals surface area contributed by atoms with Gasteiger partial charge in [0.15, 0.2) is 0 Å². The van der Waals surface area contributed by atoms with E-state index in [-0.39, 0.29) is 13.1 Å². The molecule has 134 valence electrons. The third-order valence-electron chi connectivity index (χ3n) is 3.73. The Labute approximate surface area is 153 Å². The summed E-state index contributed by atoms with van der Waals surface area (Å²) in [7, 11) is -3.53. The number of benzene rings is 2. The number of hydrogen-bond donors (Lipinski definition) is 1. The lowest BCUT2D eigenvalue weighted by molar-refractivity contribution is -0.116. The zero-order valence-electron chi connectivity index (χ0n) is 14.4. The fraction of sp³-hybridized carbons (Fsp3) is 0.278. The lowest BCUT2D eigenvalue weighted by atomic mass is 10.1. The van der Waals surface area contributed by atoms with E-state index in [1.54, 1.807) is 18.2 Å². The van der Waals surface area contributed by atoms with Crippen LogP contribution in [-0.4, -0.2) is 31.4 Å². The number of nitrogens with one attached hydrogen (secondary N) is 1. The van der Waals surface area contributed by atoms with Crippen LogP contribution >= 0.6 is 11.6 Å². The van der Waals surface area contributed by atoms with Crippen LogP contribution in [0.4, 0.5) is 5.69 Å². The summed E-state index contributed by atoms with van der Waals surface area (Å²) in [5.41, 5.74) is 3.33. The lowest BCUT2D eigenvalue weighted by Crippen LogP contribution is -2.37. The molecule has 0 aromatic heterocycles. The molecule has 0 saturated heterocycles. The number of nitrogens with zero attached hydrogens (tertiary/aromatic N) is 1. The Morgan fingerprint density at radius 2 is 1.76 bits per heavy atom. The minimum Gasteiger partial charge on any atom is -0.325 e. The summed E-state index contributed by atoms with van der Waals surface area (Å²) in [4.78, 5) is 12.3.